The van der Waals surface area contributed by atoms with Gasteiger partial charge in [-0.3, -0.25) is 0 Å². The zero-order valence-electron chi connectivity index (χ0n) is 11.9. The van der Waals surface area contributed by atoms with Gasteiger partial charge >= 0.3 is 0 Å². The average molecular weight is 267 g/mol. The minimum atomic E-state index is 0.137. The predicted octanol–water partition coefficient (Wildman–Crippen LogP) is 3.62. The Morgan fingerprint density at radius 2 is 1.70 bits per heavy atom. The third kappa shape index (κ3) is 3.09. The van der Waals surface area contributed by atoms with Crippen LogP contribution in [0.3, 0.4) is 0 Å². The van der Waals surface area contributed by atoms with Gasteiger partial charge in [0.25, 0.3) is 0 Å². The van der Waals surface area contributed by atoms with Crippen molar-refractivity contribution in [1.82, 2.24) is 5.32 Å². The van der Waals surface area contributed by atoms with Crippen molar-refractivity contribution >= 4 is 0 Å². The highest BCUT2D eigenvalue weighted by atomic mass is 16.5. The number of hydrogen-bond acceptors (Lipinski definition) is 2. The molecule has 0 bridgehead atoms. The van der Waals surface area contributed by atoms with E-state index >= 15 is 0 Å². The van der Waals surface area contributed by atoms with Gasteiger partial charge in [-0.1, -0.05) is 54.6 Å². The molecule has 0 amide bonds. The molecule has 1 saturated heterocycles. The summed E-state index contributed by atoms with van der Waals surface area (Å²) in [5.41, 5.74) is 3.99. The predicted molar refractivity (Wildman–Crippen MR) is 82.6 cm³/mol. The fourth-order valence-electron chi connectivity index (χ4n) is 2.57. The highest BCUT2D eigenvalue weighted by Gasteiger charge is 2.28. The molecule has 1 unspecified atom stereocenters. The molecule has 0 radical (unpaired) electrons. The third-order valence-electron chi connectivity index (χ3n) is 4.00. The van der Waals surface area contributed by atoms with Gasteiger partial charge in [-0.05, 0) is 30.0 Å². The monoisotopic (exact) mass is 267 g/mol. The van der Waals surface area contributed by atoms with Crippen LogP contribution in [-0.4, -0.2) is 18.8 Å². The van der Waals surface area contributed by atoms with E-state index in [0.717, 1.165) is 26.2 Å². The summed E-state index contributed by atoms with van der Waals surface area (Å²) in [6.07, 6.45) is 1.09. The van der Waals surface area contributed by atoms with E-state index in [2.05, 4.69) is 60.8 Å². The van der Waals surface area contributed by atoms with E-state index in [0.29, 0.717) is 0 Å². The van der Waals surface area contributed by atoms with Crippen LogP contribution in [0.15, 0.2) is 54.6 Å². The second-order valence-corrected chi connectivity index (χ2v) is 5.78. The molecule has 1 fully saturated rings. The van der Waals surface area contributed by atoms with Crippen LogP contribution in [0.25, 0.3) is 11.1 Å². The maximum atomic E-state index is 5.46. The lowest BCUT2D eigenvalue weighted by molar-refractivity contribution is 0.171. The molecule has 1 aliphatic heterocycles. The van der Waals surface area contributed by atoms with Crippen LogP contribution in [0.5, 0.6) is 0 Å². The molecule has 2 nitrogen and oxygen atoms in total. The molecule has 1 atom stereocenters. The standard InChI is InChI=1S/C18H21NO/c1-18(11-12-20-14-18)19-13-15-7-9-17(10-8-15)16-5-3-2-4-6-16/h2-10,19H,11-14H2,1H3. The topological polar surface area (TPSA) is 21.3 Å². The van der Waals surface area contributed by atoms with Gasteiger partial charge in [-0.25, -0.2) is 0 Å². The van der Waals surface area contributed by atoms with Crippen molar-refractivity contribution in [2.75, 3.05) is 13.2 Å². The molecule has 2 aromatic rings. The van der Waals surface area contributed by atoms with E-state index in [1.165, 1.54) is 16.7 Å². The molecular weight excluding hydrogens is 246 g/mol. The summed E-state index contributed by atoms with van der Waals surface area (Å²) in [5.74, 6) is 0. The molecule has 0 saturated carbocycles. The Hall–Kier alpha value is -1.64. The molecule has 2 heteroatoms. The molecule has 20 heavy (non-hydrogen) atoms. The maximum absolute atomic E-state index is 5.46. The van der Waals surface area contributed by atoms with Crippen LogP contribution in [0, 0.1) is 0 Å². The van der Waals surface area contributed by atoms with Crippen molar-refractivity contribution in [3.63, 3.8) is 0 Å². The first-order valence-electron chi connectivity index (χ1n) is 7.22. The Labute approximate surface area is 120 Å². The zero-order chi connectivity index (χ0) is 13.8. The van der Waals surface area contributed by atoms with E-state index in [-0.39, 0.29) is 5.54 Å². The molecule has 2 aromatic carbocycles. The molecule has 104 valence electrons. The van der Waals surface area contributed by atoms with Crippen molar-refractivity contribution in [2.24, 2.45) is 0 Å². The van der Waals surface area contributed by atoms with Crippen molar-refractivity contribution < 1.29 is 4.74 Å². The summed E-state index contributed by atoms with van der Waals surface area (Å²) in [7, 11) is 0. The van der Waals surface area contributed by atoms with Crippen molar-refractivity contribution in [3.8, 4) is 11.1 Å². The van der Waals surface area contributed by atoms with Crippen LogP contribution in [0.2, 0.25) is 0 Å². The normalized spacial score (nSPS) is 22.1. The van der Waals surface area contributed by atoms with Crippen LogP contribution < -0.4 is 5.32 Å². The number of hydrogen-bond donors (Lipinski definition) is 1. The van der Waals surface area contributed by atoms with Crippen LogP contribution in [0.4, 0.5) is 0 Å². The quantitative estimate of drug-likeness (QED) is 0.913. The minimum Gasteiger partial charge on any atom is -0.379 e. The van der Waals surface area contributed by atoms with Gasteiger partial charge in [0.2, 0.25) is 0 Å². The highest BCUT2D eigenvalue weighted by Crippen LogP contribution is 2.21. The molecule has 1 aliphatic rings. The minimum absolute atomic E-state index is 0.137. The van der Waals surface area contributed by atoms with E-state index < -0.39 is 0 Å². The summed E-state index contributed by atoms with van der Waals surface area (Å²) in [4.78, 5) is 0. The molecule has 0 aliphatic carbocycles. The maximum Gasteiger partial charge on any atom is 0.0646 e. The smallest absolute Gasteiger partial charge is 0.0646 e. The first-order chi connectivity index (χ1) is 9.75. The Balaban J connectivity index is 1.64. The van der Waals surface area contributed by atoms with E-state index in [1.807, 2.05) is 6.07 Å². The molecule has 0 spiro atoms. The van der Waals surface area contributed by atoms with Gasteiger partial charge in [0.15, 0.2) is 0 Å². The SMILES string of the molecule is CC1(NCc2ccc(-c3ccccc3)cc2)CCOC1. The lowest BCUT2D eigenvalue weighted by Crippen LogP contribution is -2.42. The van der Waals surface area contributed by atoms with Gasteiger partial charge in [0.1, 0.15) is 0 Å². The summed E-state index contributed by atoms with van der Waals surface area (Å²) >= 11 is 0. The van der Waals surface area contributed by atoms with E-state index in [4.69, 9.17) is 4.74 Å². The average Bonchev–Trinajstić information content (AvgIpc) is 2.94. The third-order valence-corrected chi connectivity index (χ3v) is 4.00. The number of ether oxygens (including phenoxy) is 1. The lowest BCUT2D eigenvalue weighted by atomic mass is 10.0. The van der Waals surface area contributed by atoms with E-state index in [1.54, 1.807) is 0 Å². The van der Waals surface area contributed by atoms with Gasteiger partial charge in [-0.2, -0.15) is 0 Å². The largest absolute Gasteiger partial charge is 0.379 e. The highest BCUT2D eigenvalue weighted by molar-refractivity contribution is 5.63. The van der Waals surface area contributed by atoms with Crippen molar-refractivity contribution in [3.05, 3.63) is 60.2 Å². The first-order valence-corrected chi connectivity index (χ1v) is 7.22. The van der Waals surface area contributed by atoms with Gasteiger partial charge in [0, 0.05) is 18.7 Å². The second kappa shape index (κ2) is 5.78. The summed E-state index contributed by atoms with van der Waals surface area (Å²) < 4.78 is 5.46. The van der Waals surface area contributed by atoms with Crippen molar-refractivity contribution in [2.45, 2.75) is 25.4 Å². The Morgan fingerprint density at radius 3 is 2.35 bits per heavy atom. The molecule has 1 heterocycles. The Bertz CT molecular complexity index is 541. The molecular formula is C18H21NO. The summed E-state index contributed by atoms with van der Waals surface area (Å²) in [5, 5.41) is 3.61. The summed E-state index contributed by atoms with van der Waals surface area (Å²) in [6, 6.07) is 19.3. The molecule has 1 N–H and O–H groups in total. The van der Waals surface area contributed by atoms with Crippen molar-refractivity contribution in [1.29, 1.82) is 0 Å². The fraction of sp³-hybridized carbons (Fsp3) is 0.333. The lowest BCUT2D eigenvalue weighted by Gasteiger charge is -2.23. The van der Waals surface area contributed by atoms with E-state index in [9.17, 15) is 0 Å². The van der Waals surface area contributed by atoms with Crippen LogP contribution in [-0.2, 0) is 11.3 Å². The number of rotatable bonds is 4. The van der Waals surface area contributed by atoms with Gasteiger partial charge in [0.05, 0.1) is 6.61 Å². The number of nitrogens with one attached hydrogen (secondary N) is 1. The van der Waals surface area contributed by atoms with Crippen LogP contribution in [0.1, 0.15) is 18.9 Å². The fourth-order valence-corrected chi connectivity index (χ4v) is 2.57. The number of benzene rings is 2. The summed E-state index contributed by atoms with van der Waals surface area (Å²) in [6.45, 7) is 4.82. The van der Waals surface area contributed by atoms with Gasteiger partial charge in [-0.15, -0.1) is 0 Å². The first kappa shape index (κ1) is 13.3. The molecule has 0 aromatic heterocycles. The Kier molecular flexibility index (Phi) is 3.86. The molecule has 3 rings (SSSR count). The Morgan fingerprint density at radius 1 is 1.00 bits per heavy atom. The zero-order valence-corrected chi connectivity index (χ0v) is 11.9. The van der Waals surface area contributed by atoms with Crippen LogP contribution >= 0.6 is 0 Å². The van der Waals surface area contributed by atoms with Gasteiger partial charge < -0.3 is 10.1 Å². The second-order valence-electron chi connectivity index (χ2n) is 5.78.